The van der Waals surface area contributed by atoms with Crippen molar-refractivity contribution in [2.24, 2.45) is 5.92 Å². The van der Waals surface area contributed by atoms with Crippen LogP contribution in [0.25, 0.3) is 0 Å². The molecule has 0 heterocycles. The molecule has 1 saturated carbocycles. The van der Waals surface area contributed by atoms with Crippen molar-refractivity contribution >= 4 is 5.78 Å². The Balaban J connectivity index is 1.70. The average molecular weight is 186 g/mol. The summed E-state index contributed by atoms with van der Waals surface area (Å²) in [6.07, 6.45) is 4.21. The van der Waals surface area contributed by atoms with Gasteiger partial charge in [-0.15, -0.1) is 0 Å². The van der Waals surface area contributed by atoms with Crippen LogP contribution in [0.4, 0.5) is 0 Å². The average Bonchev–Trinajstić information content (AvgIpc) is 2.97. The predicted molar refractivity (Wildman–Crippen MR) is 55.2 cm³/mol. The number of fused-ring (bicyclic) bond motifs is 1. The quantitative estimate of drug-likeness (QED) is 0.709. The third-order valence-electron chi connectivity index (χ3n) is 3.44. The van der Waals surface area contributed by atoms with Crippen LogP contribution in [0.2, 0.25) is 0 Å². The van der Waals surface area contributed by atoms with Crippen molar-refractivity contribution in [3.05, 3.63) is 35.4 Å². The Labute approximate surface area is 84.1 Å². The van der Waals surface area contributed by atoms with E-state index in [-0.39, 0.29) is 0 Å². The molecule has 0 aromatic heterocycles. The van der Waals surface area contributed by atoms with Gasteiger partial charge in [-0.25, -0.2) is 0 Å². The summed E-state index contributed by atoms with van der Waals surface area (Å²) in [5.74, 6) is 1.48. The van der Waals surface area contributed by atoms with Gasteiger partial charge >= 0.3 is 0 Å². The highest BCUT2D eigenvalue weighted by molar-refractivity contribution is 5.84. The SMILES string of the molecule is O=C(CC1Cc2ccccc21)C1CC1. The van der Waals surface area contributed by atoms with Crippen LogP contribution in [0, 0.1) is 5.92 Å². The summed E-state index contributed by atoms with van der Waals surface area (Å²) in [7, 11) is 0. The second-order valence-corrected chi connectivity index (χ2v) is 4.54. The van der Waals surface area contributed by atoms with Crippen LogP contribution in [0.15, 0.2) is 24.3 Å². The molecule has 1 atom stereocenters. The minimum atomic E-state index is 0.433. The highest BCUT2D eigenvalue weighted by Gasteiger charge is 2.34. The van der Waals surface area contributed by atoms with E-state index < -0.39 is 0 Å². The largest absolute Gasteiger partial charge is 0.299 e. The monoisotopic (exact) mass is 186 g/mol. The van der Waals surface area contributed by atoms with Gasteiger partial charge in [0.1, 0.15) is 5.78 Å². The fourth-order valence-corrected chi connectivity index (χ4v) is 2.36. The van der Waals surface area contributed by atoms with Crippen molar-refractivity contribution in [3.63, 3.8) is 0 Å². The van der Waals surface area contributed by atoms with E-state index in [0.29, 0.717) is 17.6 Å². The number of benzene rings is 1. The molecular formula is C13H14O. The Morgan fingerprint density at radius 1 is 1.29 bits per heavy atom. The zero-order valence-corrected chi connectivity index (χ0v) is 8.20. The van der Waals surface area contributed by atoms with Gasteiger partial charge in [0.05, 0.1) is 0 Å². The Morgan fingerprint density at radius 2 is 2.07 bits per heavy atom. The molecule has 0 saturated heterocycles. The number of carbonyl (C=O) groups excluding carboxylic acids is 1. The minimum absolute atomic E-state index is 0.433. The highest BCUT2D eigenvalue weighted by Crippen LogP contribution is 2.40. The number of Topliss-reactive ketones (excluding diaryl/α,β-unsaturated/α-hetero) is 1. The lowest BCUT2D eigenvalue weighted by atomic mass is 9.75. The van der Waals surface area contributed by atoms with Gasteiger partial charge in [-0.1, -0.05) is 24.3 Å². The smallest absolute Gasteiger partial charge is 0.136 e. The molecule has 0 amide bonds. The summed E-state index contributed by atoms with van der Waals surface area (Å²) in [4.78, 5) is 11.6. The molecule has 3 rings (SSSR count). The van der Waals surface area contributed by atoms with E-state index in [1.807, 2.05) is 0 Å². The summed E-state index contributed by atoms with van der Waals surface area (Å²) >= 11 is 0. The van der Waals surface area contributed by atoms with E-state index in [1.165, 1.54) is 11.1 Å². The molecule has 72 valence electrons. The normalized spacial score (nSPS) is 23.9. The van der Waals surface area contributed by atoms with Crippen molar-refractivity contribution in [1.82, 2.24) is 0 Å². The van der Waals surface area contributed by atoms with Crippen LogP contribution in [0.3, 0.4) is 0 Å². The molecule has 1 aromatic rings. The second kappa shape index (κ2) is 2.94. The van der Waals surface area contributed by atoms with Crippen molar-refractivity contribution in [2.45, 2.75) is 31.6 Å². The highest BCUT2D eigenvalue weighted by atomic mass is 16.1. The first-order valence-electron chi connectivity index (χ1n) is 5.45. The Kier molecular flexibility index (Phi) is 1.73. The van der Waals surface area contributed by atoms with E-state index >= 15 is 0 Å². The van der Waals surface area contributed by atoms with E-state index in [2.05, 4.69) is 24.3 Å². The number of ketones is 1. The third kappa shape index (κ3) is 1.28. The number of hydrogen-bond donors (Lipinski definition) is 0. The zero-order chi connectivity index (χ0) is 9.54. The summed E-state index contributed by atoms with van der Waals surface area (Å²) in [6, 6.07) is 8.50. The number of rotatable bonds is 3. The molecule has 1 unspecified atom stereocenters. The summed E-state index contributed by atoms with van der Waals surface area (Å²) in [5.41, 5.74) is 2.86. The van der Waals surface area contributed by atoms with Crippen LogP contribution in [0.1, 0.15) is 36.3 Å². The van der Waals surface area contributed by atoms with E-state index in [0.717, 1.165) is 25.7 Å². The Hall–Kier alpha value is -1.11. The molecule has 1 nitrogen and oxygen atoms in total. The number of carbonyl (C=O) groups is 1. The standard InChI is InChI=1S/C13H14O/c14-13(9-5-6-9)8-11-7-10-3-1-2-4-12(10)11/h1-4,9,11H,5-8H2. The van der Waals surface area contributed by atoms with Gasteiger partial charge in [0, 0.05) is 12.3 Å². The van der Waals surface area contributed by atoms with Crippen molar-refractivity contribution in [1.29, 1.82) is 0 Å². The van der Waals surface area contributed by atoms with Crippen LogP contribution in [-0.2, 0) is 11.2 Å². The fraction of sp³-hybridized carbons (Fsp3) is 0.462. The molecular weight excluding hydrogens is 172 g/mol. The maximum atomic E-state index is 11.6. The molecule has 1 heteroatoms. The summed E-state index contributed by atoms with van der Waals surface area (Å²) in [5, 5.41) is 0. The van der Waals surface area contributed by atoms with Gasteiger partial charge in [-0.05, 0) is 36.3 Å². The maximum Gasteiger partial charge on any atom is 0.136 e. The third-order valence-corrected chi connectivity index (χ3v) is 3.44. The van der Waals surface area contributed by atoms with Gasteiger partial charge in [0.25, 0.3) is 0 Å². The lowest BCUT2D eigenvalue weighted by Crippen LogP contribution is -2.20. The predicted octanol–water partition coefficient (Wildman–Crippen LogP) is 2.70. The zero-order valence-electron chi connectivity index (χ0n) is 8.20. The first kappa shape index (κ1) is 8.22. The van der Waals surface area contributed by atoms with Gasteiger partial charge in [0.15, 0.2) is 0 Å². The topological polar surface area (TPSA) is 17.1 Å². The van der Waals surface area contributed by atoms with Crippen molar-refractivity contribution in [3.8, 4) is 0 Å². The molecule has 2 aliphatic rings. The summed E-state index contributed by atoms with van der Waals surface area (Å²) < 4.78 is 0. The molecule has 1 fully saturated rings. The van der Waals surface area contributed by atoms with Crippen LogP contribution < -0.4 is 0 Å². The molecule has 0 aliphatic heterocycles. The lowest BCUT2D eigenvalue weighted by molar-refractivity contribution is -0.120. The van der Waals surface area contributed by atoms with Gasteiger partial charge in [-0.3, -0.25) is 4.79 Å². The van der Waals surface area contributed by atoms with E-state index in [4.69, 9.17) is 0 Å². The first-order chi connectivity index (χ1) is 6.84. The molecule has 14 heavy (non-hydrogen) atoms. The first-order valence-corrected chi connectivity index (χ1v) is 5.45. The lowest BCUT2D eigenvalue weighted by Gasteiger charge is -2.29. The Morgan fingerprint density at radius 3 is 2.79 bits per heavy atom. The van der Waals surface area contributed by atoms with Crippen LogP contribution in [0.5, 0.6) is 0 Å². The maximum absolute atomic E-state index is 11.6. The minimum Gasteiger partial charge on any atom is -0.299 e. The molecule has 0 N–H and O–H groups in total. The molecule has 2 aliphatic carbocycles. The fourth-order valence-electron chi connectivity index (χ4n) is 2.36. The molecule has 0 bridgehead atoms. The van der Waals surface area contributed by atoms with Crippen molar-refractivity contribution in [2.75, 3.05) is 0 Å². The van der Waals surface area contributed by atoms with Gasteiger partial charge in [-0.2, -0.15) is 0 Å². The van der Waals surface area contributed by atoms with Gasteiger partial charge < -0.3 is 0 Å². The second-order valence-electron chi connectivity index (χ2n) is 4.54. The van der Waals surface area contributed by atoms with E-state index in [9.17, 15) is 4.79 Å². The van der Waals surface area contributed by atoms with Crippen molar-refractivity contribution < 1.29 is 4.79 Å². The van der Waals surface area contributed by atoms with Crippen LogP contribution in [-0.4, -0.2) is 5.78 Å². The molecule has 0 spiro atoms. The van der Waals surface area contributed by atoms with Gasteiger partial charge in [0.2, 0.25) is 0 Å². The molecule has 0 radical (unpaired) electrons. The molecule has 1 aromatic carbocycles. The number of hydrogen-bond acceptors (Lipinski definition) is 1. The summed E-state index contributed by atoms with van der Waals surface area (Å²) in [6.45, 7) is 0. The van der Waals surface area contributed by atoms with E-state index in [1.54, 1.807) is 0 Å². The Bertz CT molecular complexity index is 377. The van der Waals surface area contributed by atoms with Crippen LogP contribution >= 0.6 is 0 Å².